The fourth-order valence-electron chi connectivity index (χ4n) is 4.57. The van der Waals surface area contributed by atoms with Gasteiger partial charge in [0.2, 0.25) is 0 Å². The minimum Gasteiger partial charge on any atom is -0.471 e. The molecule has 3 aliphatic rings. The monoisotopic (exact) mass is 336 g/mol. The molecule has 1 aromatic carbocycles. The molecule has 1 fully saturated rings. The molecule has 2 aromatic rings. The second-order valence-electron chi connectivity index (χ2n) is 7.42. The van der Waals surface area contributed by atoms with Crippen molar-refractivity contribution in [2.45, 2.75) is 50.8 Å². The third kappa shape index (κ3) is 2.31. The zero-order valence-electron chi connectivity index (χ0n) is 14.6. The number of furan rings is 1. The van der Waals surface area contributed by atoms with Crippen LogP contribution < -0.4 is 10.2 Å². The first kappa shape index (κ1) is 15.1. The first-order chi connectivity index (χ1) is 12.3. The highest BCUT2D eigenvalue weighted by Gasteiger charge is 2.51. The Kier molecular flexibility index (Phi) is 3.42. The van der Waals surface area contributed by atoms with Crippen molar-refractivity contribution in [1.82, 2.24) is 10.4 Å². The predicted molar refractivity (Wildman–Crippen MR) is 96.5 cm³/mol. The molecule has 1 spiro atoms. The number of hydrogen-bond donors (Lipinski definition) is 1. The summed E-state index contributed by atoms with van der Waals surface area (Å²) in [5.41, 5.74) is 5.59. The van der Waals surface area contributed by atoms with Crippen LogP contribution >= 0.6 is 0 Å². The molecule has 0 bridgehead atoms. The van der Waals surface area contributed by atoms with E-state index in [1.807, 2.05) is 12.1 Å². The largest absolute Gasteiger partial charge is 0.471 e. The van der Waals surface area contributed by atoms with Gasteiger partial charge in [0.15, 0.2) is 11.5 Å². The Labute approximate surface area is 148 Å². The SMILES string of the molecule is CCC1CCC2(CC1)Oc1ccccc1[C@@H]1C=C(c3ccco3)NN12. The van der Waals surface area contributed by atoms with E-state index in [-0.39, 0.29) is 11.8 Å². The van der Waals surface area contributed by atoms with Gasteiger partial charge in [0.05, 0.1) is 18.0 Å². The normalized spacial score (nSPS) is 31.0. The Balaban J connectivity index is 1.55. The third-order valence-corrected chi connectivity index (χ3v) is 6.07. The van der Waals surface area contributed by atoms with Gasteiger partial charge in [0.1, 0.15) is 5.75 Å². The van der Waals surface area contributed by atoms with Crippen LogP contribution in [0.1, 0.15) is 56.4 Å². The summed E-state index contributed by atoms with van der Waals surface area (Å²) < 4.78 is 12.3. The third-order valence-electron chi connectivity index (χ3n) is 6.07. The van der Waals surface area contributed by atoms with Crippen molar-refractivity contribution < 1.29 is 9.15 Å². The van der Waals surface area contributed by atoms with Crippen LogP contribution in [-0.2, 0) is 0 Å². The molecule has 0 radical (unpaired) electrons. The maximum Gasteiger partial charge on any atom is 0.180 e. The van der Waals surface area contributed by atoms with Gasteiger partial charge in [-0.05, 0) is 43.0 Å². The zero-order chi connectivity index (χ0) is 16.9. The van der Waals surface area contributed by atoms with Crippen molar-refractivity contribution in [2.24, 2.45) is 5.92 Å². The minimum absolute atomic E-state index is 0.184. The average molecular weight is 336 g/mol. The van der Waals surface area contributed by atoms with Crippen LogP contribution in [0, 0.1) is 5.92 Å². The average Bonchev–Trinajstić information content (AvgIpc) is 3.33. The van der Waals surface area contributed by atoms with Gasteiger partial charge in [0.25, 0.3) is 0 Å². The van der Waals surface area contributed by atoms with Crippen LogP contribution in [-0.4, -0.2) is 10.7 Å². The van der Waals surface area contributed by atoms with Crippen LogP contribution in [0.3, 0.4) is 0 Å². The van der Waals surface area contributed by atoms with E-state index in [1.54, 1.807) is 6.26 Å². The number of para-hydroxylation sites is 1. The summed E-state index contributed by atoms with van der Waals surface area (Å²) >= 11 is 0. The quantitative estimate of drug-likeness (QED) is 0.849. The van der Waals surface area contributed by atoms with Crippen molar-refractivity contribution in [3.05, 3.63) is 60.1 Å². The molecule has 3 heterocycles. The second-order valence-corrected chi connectivity index (χ2v) is 7.42. The molecular formula is C21H24N2O2. The fourth-order valence-corrected chi connectivity index (χ4v) is 4.57. The molecule has 4 nitrogen and oxygen atoms in total. The van der Waals surface area contributed by atoms with Crippen LogP contribution in [0.4, 0.5) is 0 Å². The van der Waals surface area contributed by atoms with Gasteiger partial charge in [-0.15, -0.1) is 0 Å². The van der Waals surface area contributed by atoms with Crippen molar-refractivity contribution in [2.75, 3.05) is 0 Å². The van der Waals surface area contributed by atoms with Gasteiger partial charge in [-0.2, -0.15) is 5.01 Å². The van der Waals surface area contributed by atoms with Crippen LogP contribution in [0.25, 0.3) is 5.70 Å². The smallest absolute Gasteiger partial charge is 0.180 e. The number of rotatable bonds is 2. The summed E-state index contributed by atoms with van der Waals surface area (Å²) in [6.07, 6.45) is 9.82. The van der Waals surface area contributed by atoms with Crippen LogP contribution in [0.5, 0.6) is 5.75 Å². The first-order valence-electron chi connectivity index (χ1n) is 9.39. The van der Waals surface area contributed by atoms with Crippen molar-refractivity contribution >= 4 is 5.70 Å². The fraction of sp³-hybridized carbons (Fsp3) is 0.429. The first-order valence-corrected chi connectivity index (χ1v) is 9.39. The maximum atomic E-state index is 6.63. The van der Waals surface area contributed by atoms with E-state index in [1.165, 1.54) is 24.8 Å². The van der Waals surface area contributed by atoms with Gasteiger partial charge < -0.3 is 14.6 Å². The van der Waals surface area contributed by atoms with Crippen molar-refractivity contribution in [3.63, 3.8) is 0 Å². The lowest BCUT2D eigenvalue weighted by atomic mass is 9.80. The zero-order valence-corrected chi connectivity index (χ0v) is 14.6. The highest BCUT2D eigenvalue weighted by Crippen LogP contribution is 2.50. The number of benzene rings is 1. The van der Waals surface area contributed by atoms with Gasteiger partial charge in [0, 0.05) is 18.4 Å². The highest BCUT2D eigenvalue weighted by atomic mass is 16.5. The molecule has 1 saturated carbocycles. The van der Waals surface area contributed by atoms with E-state index in [0.717, 1.165) is 36.0 Å². The lowest BCUT2D eigenvalue weighted by molar-refractivity contribution is -0.156. The lowest BCUT2D eigenvalue weighted by Gasteiger charge is -2.51. The minimum atomic E-state index is -0.268. The summed E-state index contributed by atoms with van der Waals surface area (Å²) in [5.74, 6) is 2.73. The topological polar surface area (TPSA) is 37.6 Å². The number of nitrogens with one attached hydrogen (secondary N) is 1. The van der Waals surface area contributed by atoms with E-state index in [2.05, 4.69) is 47.7 Å². The summed E-state index contributed by atoms with van der Waals surface area (Å²) in [6.45, 7) is 2.30. The Morgan fingerprint density at radius 1 is 1.16 bits per heavy atom. The Morgan fingerprint density at radius 3 is 2.76 bits per heavy atom. The molecular weight excluding hydrogens is 312 g/mol. The molecule has 1 aromatic heterocycles. The summed E-state index contributed by atoms with van der Waals surface area (Å²) in [5, 5.41) is 2.33. The lowest BCUT2D eigenvalue weighted by Crippen LogP contribution is -2.60. The molecule has 130 valence electrons. The van der Waals surface area contributed by atoms with E-state index in [0.29, 0.717) is 0 Å². The molecule has 0 saturated heterocycles. The molecule has 0 unspecified atom stereocenters. The molecule has 1 aliphatic carbocycles. The number of hydrazine groups is 1. The van der Waals surface area contributed by atoms with Crippen LogP contribution in [0.2, 0.25) is 0 Å². The standard InChI is InChI=1S/C21H24N2O2/c1-2-15-9-11-21(12-10-15)23-18(16-6-3-4-7-19(16)25-21)14-17(22-23)20-8-5-13-24-20/h3-8,13-15,18,22H,2,9-12H2,1H3/t15?,18-,21?/m0/s1. The molecule has 0 amide bonds. The second kappa shape index (κ2) is 5.67. The van der Waals surface area contributed by atoms with E-state index in [4.69, 9.17) is 9.15 Å². The Hall–Kier alpha value is -2.20. The van der Waals surface area contributed by atoms with Gasteiger partial charge in [-0.25, -0.2) is 0 Å². The Morgan fingerprint density at radius 2 is 2.00 bits per heavy atom. The van der Waals surface area contributed by atoms with E-state index < -0.39 is 0 Å². The number of nitrogens with zero attached hydrogens (tertiary/aromatic N) is 1. The summed E-state index contributed by atoms with van der Waals surface area (Å²) in [4.78, 5) is 0. The number of ether oxygens (including phenoxy) is 1. The summed E-state index contributed by atoms with van der Waals surface area (Å²) in [6, 6.07) is 12.6. The van der Waals surface area contributed by atoms with Gasteiger partial charge >= 0.3 is 0 Å². The molecule has 2 aliphatic heterocycles. The molecule has 25 heavy (non-hydrogen) atoms. The molecule has 1 atom stereocenters. The Bertz CT molecular complexity index is 788. The van der Waals surface area contributed by atoms with Crippen molar-refractivity contribution in [1.29, 1.82) is 0 Å². The van der Waals surface area contributed by atoms with E-state index in [9.17, 15) is 0 Å². The molecule has 1 N–H and O–H groups in total. The van der Waals surface area contributed by atoms with Crippen LogP contribution in [0.15, 0.2) is 53.2 Å². The van der Waals surface area contributed by atoms with Gasteiger partial charge in [-0.1, -0.05) is 31.5 Å². The van der Waals surface area contributed by atoms with E-state index >= 15 is 0 Å². The maximum absolute atomic E-state index is 6.63. The van der Waals surface area contributed by atoms with Gasteiger partial charge in [-0.3, -0.25) is 0 Å². The summed E-state index contributed by atoms with van der Waals surface area (Å²) in [7, 11) is 0. The predicted octanol–water partition coefficient (Wildman–Crippen LogP) is 4.87. The molecule has 4 heteroatoms. The van der Waals surface area contributed by atoms with Crippen molar-refractivity contribution in [3.8, 4) is 5.75 Å². The molecule has 5 rings (SSSR count). The highest BCUT2D eigenvalue weighted by molar-refractivity contribution is 5.64. The number of fused-ring (bicyclic) bond motifs is 4. The number of hydrogen-bond acceptors (Lipinski definition) is 4.